The zero-order chi connectivity index (χ0) is 15.5. The van der Waals surface area contributed by atoms with Gasteiger partial charge in [-0.25, -0.2) is 17.5 Å². The molecule has 0 spiro atoms. The number of sulfonamides is 1. The fraction of sp³-hybridized carbons (Fsp3) is 0.571. The van der Waals surface area contributed by atoms with Crippen LogP contribution in [0.4, 0.5) is 4.39 Å². The number of halogens is 1. The average molecular weight is 315 g/mol. The molecule has 118 valence electrons. The Bertz CT molecular complexity index is 586. The normalized spacial score (nSPS) is 18.0. The van der Waals surface area contributed by atoms with Crippen molar-refractivity contribution in [2.24, 2.45) is 5.73 Å². The fourth-order valence-corrected chi connectivity index (χ4v) is 3.95. The first kappa shape index (κ1) is 16.4. The number of nitrogens with zero attached hydrogens (tertiary/aromatic N) is 1. The predicted octanol–water partition coefficient (Wildman–Crippen LogP) is 1.05. The molecule has 0 aliphatic carbocycles. The van der Waals surface area contributed by atoms with Crippen LogP contribution in [0.25, 0.3) is 0 Å². The first-order chi connectivity index (χ1) is 9.94. The lowest BCUT2D eigenvalue weighted by Gasteiger charge is -2.24. The second-order valence-corrected chi connectivity index (χ2v) is 7.14. The molecule has 1 saturated heterocycles. The van der Waals surface area contributed by atoms with E-state index >= 15 is 0 Å². The third-order valence-electron chi connectivity index (χ3n) is 3.87. The van der Waals surface area contributed by atoms with Crippen molar-refractivity contribution in [1.29, 1.82) is 0 Å². The van der Waals surface area contributed by atoms with Gasteiger partial charge in [0, 0.05) is 19.1 Å². The molecule has 0 amide bonds. The summed E-state index contributed by atoms with van der Waals surface area (Å²) in [5.41, 5.74) is 5.94. The molecule has 0 radical (unpaired) electrons. The summed E-state index contributed by atoms with van der Waals surface area (Å²) < 4.78 is 40.5. The van der Waals surface area contributed by atoms with Crippen molar-refractivity contribution in [2.45, 2.75) is 37.2 Å². The van der Waals surface area contributed by atoms with Crippen molar-refractivity contribution in [2.75, 3.05) is 19.6 Å². The van der Waals surface area contributed by atoms with Gasteiger partial charge in [0.25, 0.3) is 0 Å². The molecule has 0 aromatic heterocycles. The van der Waals surface area contributed by atoms with E-state index in [0.29, 0.717) is 12.1 Å². The highest BCUT2D eigenvalue weighted by atomic mass is 32.2. The molecule has 0 bridgehead atoms. The van der Waals surface area contributed by atoms with Crippen molar-refractivity contribution in [3.63, 3.8) is 0 Å². The first-order valence-electron chi connectivity index (χ1n) is 7.16. The molecule has 3 N–H and O–H groups in total. The van der Waals surface area contributed by atoms with Gasteiger partial charge >= 0.3 is 0 Å². The Labute approximate surface area is 125 Å². The Morgan fingerprint density at radius 3 is 2.67 bits per heavy atom. The molecular formula is C14H22FN3O2S. The van der Waals surface area contributed by atoms with Crippen LogP contribution in [-0.4, -0.2) is 39.0 Å². The number of nitrogens with two attached hydrogens (primary N) is 1. The van der Waals surface area contributed by atoms with Gasteiger partial charge in [-0.3, -0.25) is 4.90 Å². The quantitative estimate of drug-likeness (QED) is 0.823. The summed E-state index contributed by atoms with van der Waals surface area (Å²) in [4.78, 5) is 2.18. The van der Waals surface area contributed by atoms with Crippen LogP contribution in [0.3, 0.4) is 0 Å². The van der Waals surface area contributed by atoms with E-state index in [9.17, 15) is 12.8 Å². The monoisotopic (exact) mass is 315 g/mol. The largest absolute Gasteiger partial charge is 0.326 e. The van der Waals surface area contributed by atoms with Crippen LogP contribution in [-0.2, 0) is 16.6 Å². The van der Waals surface area contributed by atoms with E-state index < -0.39 is 15.8 Å². The highest BCUT2D eigenvalue weighted by molar-refractivity contribution is 7.89. The average Bonchev–Trinajstić information content (AvgIpc) is 2.99. The minimum Gasteiger partial charge on any atom is -0.326 e. The zero-order valence-electron chi connectivity index (χ0n) is 12.2. The summed E-state index contributed by atoms with van der Waals surface area (Å²) >= 11 is 0. The number of likely N-dealkylation sites (tertiary alicyclic amines) is 1. The van der Waals surface area contributed by atoms with E-state index in [1.807, 2.05) is 6.92 Å². The maximum absolute atomic E-state index is 13.3. The molecule has 2 rings (SSSR count). The molecule has 1 heterocycles. The van der Waals surface area contributed by atoms with E-state index in [0.717, 1.165) is 32.0 Å². The fourth-order valence-electron chi connectivity index (χ4n) is 2.57. The third kappa shape index (κ3) is 4.00. The van der Waals surface area contributed by atoms with Crippen LogP contribution in [0.2, 0.25) is 0 Å². The number of benzene rings is 1. The number of hydrogen-bond donors (Lipinski definition) is 2. The van der Waals surface area contributed by atoms with Gasteiger partial charge < -0.3 is 5.73 Å². The van der Waals surface area contributed by atoms with E-state index in [-0.39, 0.29) is 17.5 Å². The van der Waals surface area contributed by atoms with Crippen molar-refractivity contribution in [3.05, 3.63) is 29.6 Å². The summed E-state index contributed by atoms with van der Waals surface area (Å²) in [6.45, 7) is 4.35. The van der Waals surface area contributed by atoms with Crippen LogP contribution < -0.4 is 10.5 Å². The maximum Gasteiger partial charge on any atom is 0.241 e. The maximum atomic E-state index is 13.3. The summed E-state index contributed by atoms with van der Waals surface area (Å²) in [5, 5.41) is 0. The highest BCUT2D eigenvalue weighted by Crippen LogP contribution is 2.17. The lowest BCUT2D eigenvalue weighted by molar-refractivity contribution is 0.260. The van der Waals surface area contributed by atoms with Gasteiger partial charge in [-0.05, 0) is 50.6 Å². The van der Waals surface area contributed by atoms with Gasteiger partial charge in [0.2, 0.25) is 10.0 Å². The Morgan fingerprint density at radius 2 is 2.05 bits per heavy atom. The lowest BCUT2D eigenvalue weighted by atomic mass is 10.2. The molecule has 0 saturated carbocycles. The third-order valence-corrected chi connectivity index (χ3v) is 5.38. The Balaban J connectivity index is 2.09. The molecule has 21 heavy (non-hydrogen) atoms. The second-order valence-electron chi connectivity index (χ2n) is 5.40. The molecule has 1 aliphatic heterocycles. The van der Waals surface area contributed by atoms with E-state index in [2.05, 4.69) is 9.62 Å². The Hall–Kier alpha value is -1.02. The topological polar surface area (TPSA) is 75.4 Å². The van der Waals surface area contributed by atoms with Crippen LogP contribution in [0.15, 0.2) is 23.1 Å². The predicted molar refractivity (Wildman–Crippen MR) is 79.7 cm³/mol. The van der Waals surface area contributed by atoms with Crippen LogP contribution in [0, 0.1) is 5.82 Å². The number of nitrogens with one attached hydrogen (secondary N) is 1. The SMILES string of the molecule is CC(CNS(=O)(=O)c1cc(F)ccc1CN)N1CCCC1. The molecule has 1 aromatic rings. The van der Waals surface area contributed by atoms with Crippen molar-refractivity contribution < 1.29 is 12.8 Å². The summed E-state index contributed by atoms with van der Waals surface area (Å²) in [6, 6.07) is 3.77. The highest BCUT2D eigenvalue weighted by Gasteiger charge is 2.22. The number of rotatable bonds is 6. The van der Waals surface area contributed by atoms with E-state index in [1.54, 1.807) is 0 Å². The van der Waals surface area contributed by atoms with Gasteiger partial charge in [0.15, 0.2) is 0 Å². The van der Waals surface area contributed by atoms with Crippen LogP contribution in [0.5, 0.6) is 0 Å². The molecule has 1 unspecified atom stereocenters. The lowest BCUT2D eigenvalue weighted by Crippen LogP contribution is -2.40. The van der Waals surface area contributed by atoms with Crippen molar-refractivity contribution in [1.82, 2.24) is 9.62 Å². The molecule has 1 aromatic carbocycles. The van der Waals surface area contributed by atoms with Crippen molar-refractivity contribution in [3.8, 4) is 0 Å². The molecule has 5 nitrogen and oxygen atoms in total. The minimum absolute atomic E-state index is 0.0538. The molecule has 1 aliphatic rings. The summed E-state index contributed by atoms with van der Waals surface area (Å²) in [6.07, 6.45) is 2.30. The zero-order valence-corrected chi connectivity index (χ0v) is 13.0. The van der Waals surface area contributed by atoms with E-state index in [1.165, 1.54) is 12.1 Å². The summed E-state index contributed by atoms with van der Waals surface area (Å²) in [5.74, 6) is -0.583. The van der Waals surface area contributed by atoms with Gasteiger partial charge in [0.1, 0.15) is 5.82 Å². The van der Waals surface area contributed by atoms with Gasteiger partial charge in [-0.1, -0.05) is 6.07 Å². The summed E-state index contributed by atoms with van der Waals surface area (Å²) in [7, 11) is -3.75. The van der Waals surface area contributed by atoms with Crippen LogP contribution in [0.1, 0.15) is 25.3 Å². The Morgan fingerprint density at radius 1 is 1.38 bits per heavy atom. The van der Waals surface area contributed by atoms with Crippen LogP contribution >= 0.6 is 0 Å². The van der Waals surface area contributed by atoms with E-state index in [4.69, 9.17) is 5.73 Å². The Kier molecular flexibility index (Phi) is 5.32. The van der Waals surface area contributed by atoms with Gasteiger partial charge in [-0.15, -0.1) is 0 Å². The molecule has 7 heteroatoms. The molecule has 1 atom stereocenters. The second kappa shape index (κ2) is 6.83. The van der Waals surface area contributed by atoms with Gasteiger partial charge in [0.05, 0.1) is 4.90 Å². The standard InChI is InChI=1S/C14H22FN3O2S/c1-11(18-6-2-3-7-18)10-17-21(19,20)14-8-13(15)5-4-12(14)9-16/h4-5,8,11,17H,2-3,6-7,9-10,16H2,1H3. The molecule has 1 fully saturated rings. The van der Waals surface area contributed by atoms with Gasteiger partial charge in [-0.2, -0.15) is 0 Å². The molecular weight excluding hydrogens is 293 g/mol. The van der Waals surface area contributed by atoms with Crippen molar-refractivity contribution >= 4 is 10.0 Å². The number of hydrogen-bond acceptors (Lipinski definition) is 4. The smallest absolute Gasteiger partial charge is 0.241 e. The minimum atomic E-state index is -3.75. The first-order valence-corrected chi connectivity index (χ1v) is 8.64.